The largest absolute Gasteiger partial charge is 0.350 e. The van der Waals surface area contributed by atoms with Crippen LogP contribution in [0.4, 0.5) is 0 Å². The molecule has 132 valence electrons. The first-order valence-electron chi connectivity index (χ1n) is 9.78. The molecule has 0 bridgehead atoms. The normalized spacial score (nSPS) is 26.7. The van der Waals surface area contributed by atoms with E-state index in [0.717, 1.165) is 29.8 Å². The fraction of sp³-hybridized carbons (Fsp3) is 0.600. The smallest absolute Gasteiger partial charge is 0.240 e. The Morgan fingerprint density at radius 1 is 1.12 bits per heavy atom. The summed E-state index contributed by atoms with van der Waals surface area (Å²) in [5.74, 6) is 1.78. The predicted molar refractivity (Wildman–Crippen MR) is 97.5 cm³/mol. The van der Waals surface area contributed by atoms with Gasteiger partial charge in [-0.15, -0.1) is 0 Å². The summed E-state index contributed by atoms with van der Waals surface area (Å²) >= 11 is 0. The number of carbonyl (C=O) groups is 1. The van der Waals surface area contributed by atoms with Crippen LogP contribution in [-0.2, 0) is 11.3 Å². The minimum atomic E-state index is 0.141. The molecule has 3 aliphatic rings. The summed E-state index contributed by atoms with van der Waals surface area (Å²) in [4.78, 5) is 20.2. The van der Waals surface area contributed by atoms with Crippen LogP contribution in [0.15, 0.2) is 24.3 Å². The van der Waals surface area contributed by atoms with Crippen LogP contribution in [0, 0.1) is 0 Å². The molecule has 0 radical (unpaired) electrons. The highest BCUT2D eigenvalue weighted by molar-refractivity contribution is 5.81. The van der Waals surface area contributed by atoms with Gasteiger partial charge in [0.15, 0.2) is 0 Å². The molecule has 2 saturated heterocycles. The molecule has 0 unspecified atom stereocenters. The molecule has 5 rings (SSSR count). The van der Waals surface area contributed by atoms with Crippen LogP contribution in [-0.4, -0.2) is 45.5 Å². The molecule has 1 saturated carbocycles. The molecule has 1 N–H and O–H groups in total. The van der Waals surface area contributed by atoms with E-state index in [1.165, 1.54) is 38.6 Å². The standard InChI is InChI=1S/C20H26N4O/c25-19(21-16-10-12-23-11-4-3-6-17(16)23)13-24-18-7-2-1-5-15(18)22-20(24)14-8-9-14/h1-2,5,7,14,16-17H,3-4,6,8-13H2,(H,21,25)/t16-,17+/m1/s1. The Bertz CT molecular complexity index is 794. The van der Waals surface area contributed by atoms with E-state index in [1.54, 1.807) is 0 Å². The van der Waals surface area contributed by atoms with Crippen molar-refractivity contribution in [3.05, 3.63) is 30.1 Å². The third-order valence-electron chi connectivity index (χ3n) is 6.13. The molecule has 2 atom stereocenters. The van der Waals surface area contributed by atoms with Gasteiger partial charge in [0.25, 0.3) is 0 Å². The number of nitrogens with zero attached hydrogens (tertiary/aromatic N) is 3. The van der Waals surface area contributed by atoms with Crippen LogP contribution in [0.5, 0.6) is 0 Å². The fourth-order valence-corrected chi connectivity index (χ4v) is 4.73. The summed E-state index contributed by atoms with van der Waals surface area (Å²) in [6.07, 6.45) is 7.33. The molecule has 1 aromatic heterocycles. The monoisotopic (exact) mass is 338 g/mol. The number of benzene rings is 1. The van der Waals surface area contributed by atoms with E-state index in [1.807, 2.05) is 18.2 Å². The number of para-hydroxylation sites is 2. The van der Waals surface area contributed by atoms with Crippen LogP contribution in [0.3, 0.4) is 0 Å². The van der Waals surface area contributed by atoms with Gasteiger partial charge in [-0.05, 0) is 50.8 Å². The van der Waals surface area contributed by atoms with Crippen LogP contribution >= 0.6 is 0 Å². The highest BCUT2D eigenvalue weighted by Gasteiger charge is 2.36. The molecule has 3 fully saturated rings. The van der Waals surface area contributed by atoms with Crippen molar-refractivity contribution in [3.63, 3.8) is 0 Å². The third kappa shape index (κ3) is 2.84. The van der Waals surface area contributed by atoms with Gasteiger partial charge in [-0.1, -0.05) is 18.6 Å². The van der Waals surface area contributed by atoms with E-state index < -0.39 is 0 Å². The van der Waals surface area contributed by atoms with Gasteiger partial charge < -0.3 is 9.88 Å². The van der Waals surface area contributed by atoms with Crippen molar-refractivity contribution in [1.29, 1.82) is 0 Å². The lowest BCUT2D eigenvalue weighted by atomic mass is 9.99. The van der Waals surface area contributed by atoms with Crippen molar-refractivity contribution in [3.8, 4) is 0 Å². The maximum atomic E-state index is 12.8. The maximum absolute atomic E-state index is 12.8. The van der Waals surface area contributed by atoms with Gasteiger partial charge in [-0.2, -0.15) is 0 Å². The van der Waals surface area contributed by atoms with E-state index in [9.17, 15) is 4.79 Å². The second-order valence-electron chi connectivity index (χ2n) is 7.88. The summed E-state index contributed by atoms with van der Waals surface area (Å²) < 4.78 is 2.15. The number of carbonyl (C=O) groups excluding carboxylic acids is 1. The second kappa shape index (κ2) is 6.13. The van der Waals surface area contributed by atoms with Crippen LogP contribution in [0.25, 0.3) is 11.0 Å². The average Bonchev–Trinajstić information content (AvgIpc) is 3.31. The molecule has 1 aromatic carbocycles. The summed E-state index contributed by atoms with van der Waals surface area (Å²) in [6.45, 7) is 2.74. The van der Waals surface area contributed by atoms with Gasteiger partial charge in [-0.3, -0.25) is 9.69 Å². The first kappa shape index (κ1) is 15.4. The number of hydrogen-bond acceptors (Lipinski definition) is 3. The Morgan fingerprint density at radius 2 is 2.00 bits per heavy atom. The van der Waals surface area contributed by atoms with Gasteiger partial charge in [0.1, 0.15) is 12.4 Å². The maximum Gasteiger partial charge on any atom is 0.240 e. The number of nitrogens with one attached hydrogen (secondary N) is 1. The quantitative estimate of drug-likeness (QED) is 0.932. The summed E-state index contributed by atoms with van der Waals surface area (Å²) in [7, 11) is 0. The highest BCUT2D eigenvalue weighted by Crippen LogP contribution is 2.40. The number of amides is 1. The molecule has 2 aliphatic heterocycles. The molecule has 5 nitrogen and oxygen atoms in total. The minimum absolute atomic E-state index is 0.141. The highest BCUT2D eigenvalue weighted by atomic mass is 16.2. The Balaban J connectivity index is 1.34. The van der Waals surface area contributed by atoms with Crippen molar-refractivity contribution in [2.45, 2.75) is 63.1 Å². The van der Waals surface area contributed by atoms with Gasteiger partial charge in [0, 0.05) is 24.5 Å². The number of imidazole rings is 1. The zero-order valence-electron chi connectivity index (χ0n) is 14.7. The van der Waals surface area contributed by atoms with Crippen molar-refractivity contribution < 1.29 is 4.79 Å². The van der Waals surface area contributed by atoms with Gasteiger partial charge >= 0.3 is 0 Å². The van der Waals surface area contributed by atoms with Gasteiger partial charge in [0.2, 0.25) is 5.91 Å². The lowest BCUT2D eigenvalue weighted by Crippen LogP contribution is -2.47. The molecule has 0 spiro atoms. The predicted octanol–water partition coefficient (Wildman–Crippen LogP) is 2.66. The molecular formula is C20H26N4O. The SMILES string of the molecule is O=C(Cn1c(C2CC2)nc2ccccc21)N[C@@H]1CCN2CCCC[C@@H]12. The molecule has 3 heterocycles. The number of piperidine rings is 1. The van der Waals surface area contributed by atoms with E-state index in [4.69, 9.17) is 4.98 Å². The fourth-order valence-electron chi connectivity index (χ4n) is 4.73. The zero-order valence-corrected chi connectivity index (χ0v) is 14.7. The van der Waals surface area contributed by atoms with Crippen LogP contribution in [0.1, 0.15) is 50.3 Å². The molecule has 25 heavy (non-hydrogen) atoms. The summed E-state index contributed by atoms with van der Waals surface area (Å²) in [6, 6.07) is 9.07. The van der Waals surface area contributed by atoms with Crippen molar-refractivity contribution in [2.75, 3.05) is 13.1 Å². The zero-order chi connectivity index (χ0) is 16.8. The minimum Gasteiger partial charge on any atom is -0.350 e. The third-order valence-corrected chi connectivity index (χ3v) is 6.13. The van der Waals surface area contributed by atoms with Crippen molar-refractivity contribution in [1.82, 2.24) is 19.8 Å². The molecular weight excluding hydrogens is 312 g/mol. The van der Waals surface area contributed by atoms with E-state index >= 15 is 0 Å². The summed E-state index contributed by atoms with van der Waals surface area (Å²) in [5.41, 5.74) is 2.10. The number of rotatable bonds is 4. The first-order valence-corrected chi connectivity index (χ1v) is 9.78. The number of fused-ring (bicyclic) bond motifs is 2. The Hall–Kier alpha value is -1.88. The van der Waals surface area contributed by atoms with E-state index in [2.05, 4.69) is 20.9 Å². The van der Waals surface area contributed by atoms with Crippen LogP contribution < -0.4 is 5.32 Å². The lowest BCUT2D eigenvalue weighted by molar-refractivity contribution is -0.122. The molecule has 2 aromatic rings. The second-order valence-corrected chi connectivity index (χ2v) is 7.88. The topological polar surface area (TPSA) is 50.2 Å². The molecule has 5 heteroatoms. The van der Waals surface area contributed by atoms with Gasteiger partial charge in [-0.25, -0.2) is 4.98 Å². The number of aromatic nitrogens is 2. The van der Waals surface area contributed by atoms with E-state index in [0.29, 0.717) is 24.5 Å². The van der Waals surface area contributed by atoms with Gasteiger partial charge in [0.05, 0.1) is 11.0 Å². The molecule has 1 amide bonds. The average molecular weight is 338 g/mol. The Kier molecular flexibility index (Phi) is 3.77. The Labute approximate surface area is 148 Å². The summed E-state index contributed by atoms with van der Waals surface area (Å²) in [5, 5.41) is 3.34. The molecule has 1 aliphatic carbocycles. The number of hydrogen-bond donors (Lipinski definition) is 1. The first-order chi connectivity index (χ1) is 12.3. The Morgan fingerprint density at radius 3 is 2.88 bits per heavy atom. The van der Waals surface area contributed by atoms with E-state index in [-0.39, 0.29) is 5.91 Å². The van der Waals surface area contributed by atoms with Crippen LogP contribution in [0.2, 0.25) is 0 Å². The van der Waals surface area contributed by atoms with Crippen molar-refractivity contribution in [2.24, 2.45) is 0 Å². The van der Waals surface area contributed by atoms with Crippen molar-refractivity contribution >= 4 is 16.9 Å². The lowest BCUT2D eigenvalue weighted by Gasteiger charge is -2.32.